The zero-order valence-electron chi connectivity index (χ0n) is 16.6. The largest absolute Gasteiger partial charge is 0.452 e. The van der Waals surface area contributed by atoms with Crippen molar-refractivity contribution >= 4 is 35.1 Å². The molecule has 156 valence electrons. The van der Waals surface area contributed by atoms with Crippen LogP contribution in [0.1, 0.15) is 16.8 Å². The summed E-state index contributed by atoms with van der Waals surface area (Å²) in [6, 6.07) is 15.0. The van der Waals surface area contributed by atoms with Crippen LogP contribution in [0.25, 0.3) is 0 Å². The number of ether oxygens (including phenoxy) is 1. The molecule has 2 aromatic rings. The Hall–Kier alpha value is -3.74. The van der Waals surface area contributed by atoms with E-state index in [0.717, 1.165) is 6.42 Å². The lowest BCUT2D eigenvalue weighted by Crippen LogP contribution is -2.32. The second-order valence-electron chi connectivity index (χ2n) is 8.05. The van der Waals surface area contributed by atoms with Crippen molar-refractivity contribution in [2.75, 3.05) is 16.8 Å². The van der Waals surface area contributed by atoms with Gasteiger partial charge in [0, 0.05) is 5.69 Å². The number of amides is 3. The molecule has 1 N–H and O–H groups in total. The lowest BCUT2D eigenvalue weighted by atomic mass is 9.85. The number of esters is 1. The van der Waals surface area contributed by atoms with E-state index in [1.165, 1.54) is 17.0 Å². The quantitative estimate of drug-likeness (QED) is 0.460. The molecule has 0 radical (unpaired) electrons. The zero-order valence-corrected chi connectivity index (χ0v) is 16.6. The minimum atomic E-state index is -0.659. The van der Waals surface area contributed by atoms with Crippen molar-refractivity contribution in [3.05, 3.63) is 72.3 Å². The van der Waals surface area contributed by atoms with E-state index >= 15 is 0 Å². The highest BCUT2D eigenvalue weighted by atomic mass is 16.5. The Kier molecular flexibility index (Phi) is 4.66. The predicted octanol–water partition coefficient (Wildman–Crippen LogP) is 2.79. The third-order valence-corrected chi connectivity index (χ3v) is 6.22. The van der Waals surface area contributed by atoms with Gasteiger partial charge in [-0.2, -0.15) is 0 Å². The van der Waals surface area contributed by atoms with Gasteiger partial charge in [0.15, 0.2) is 6.61 Å². The molecule has 2 fully saturated rings. The topological polar surface area (TPSA) is 92.8 Å². The van der Waals surface area contributed by atoms with E-state index in [-0.39, 0.29) is 41.0 Å². The Bertz CT molecular complexity index is 1060. The van der Waals surface area contributed by atoms with E-state index in [1.807, 2.05) is 18.2 Å². The second-order valence-corrected chi connectivity index (χ2v) is 8.05. The number of hydrogen-bond donors (Lipinski definition) is 1. The number of nitrogens with one attached hydrogen (secondary N) is 1. The normalized spacial score (nSPS) is 25.6. The van der Waals surface area contributed by atoms with Crippen LogP contribution in [0.2, 0.25) is 0 Å². The van der Waals surface area contributed by atoms with Gasteiger partial charge < -0.3 is 10.1 Å². The molecule has 1 heterocycles. The Morgan fingerprint density at radius 2 is 1.52 bits per heavy atom. The summed E-state index contributed by atoms with van der Waals surface area (Å²) in [4.78, 5) is 51.2. The summed E-state index contributed by atoms with van der Waals surface area (Å²) >= 11 is 0. The standard InChI is InChI=1S/C24H20N2O5/c27-19(25-17-4-2-1-3-5-17)13-31-24(30)14-8-10-18(11-9-14)26-22(28)20-15-6-7-16(12-15)21(20)23(26)29/h1-11,15-16,20-21H,12-13H2,(H,25,27)/t15-,16+,20-,21-/m0/s1. The van der Waals surface area contributed by atoms with Crippen LogP contribution in [0.5, 0.6) is 0 Å². The fourth-order valence-electron chi connectivity index (χ4n) is 4.84. The highest BCUT2D eigenvalue weighted by Gasteiger charge is 2.59. The number of benzene rings is 2. The van der Waals surface area contributed by atoms with Crippen LogP contribution in [0.15, 0.2) is 66.7 Å². The molecule has 1 aliphatic heterocycles. The van der Waals surface area contributed by atoms with Crippen LogP contribution >= 0.6 is 0 Å². The SMILES string of the molecule is O=C(COC(=O)c1ccc(N2C(=O)[C@@H]3[C@@H](C2=O)[C@H]2C=C[C@@H]3C2)cc1)Nc1ccccc1. The predicted molar refractivity (Wildman–Crippen MR) is 112 cm³/mol. The van der Waals surface area contributed by atoms with Crippen molar-refractivity contribution in [1.29, 1.82) is 0 Å². The number of anilines is 2. The minimum Gasteiger partial charge on any atom is -0.452 e. The first-order chi connectivity index (χ1) is 15.0. The van der Waals surface area contributed by atoms with Gasteiger partial charge in [-0.25, -0.2) is 4.79 Å². The summed E-state index contributed by atoms with van der Waals surface area (Å²) in [6.45, 7) is -0.419. The van der Waals surface area contributed by atoms with Crippen LogP contribution in [-0.2, 0) is 19.1 Å². The van der Waals surface area contributed by atoms with Crippen molar-refractivity contribution in [1.82, 2.24) is 0 Å². The first-order valence-electron chi connectivity index (χ1n) is 10.2. The molecule has 7 nitrogen and oxygen atoms in total. The zero-order chi connectivity index (χ0) is 21.5. The van der Waals surface area contributed by atoms with Gasteiger partial charge in [-0.05, 0) is 54.7 Å². The molecule has 4 atom stereocenters. The lowest BCUT2D eigenvalue weighted by Gasteiger charge is -2.17. The maximum absolute atomic E-state index is 12.9. The lowest BCUT2D eigenvalue weighted by molar-refractivity contribution is -0.123. The molecule has 2 bridgehead atoms. The number of allylic oxidation sites excluding steroid dienone is 2. The highest BCUT2D eigenvalue weighted by Crippen LogP contribution is 2.53. The Morgan fingerprint density at radius 3 is 2.13 bits per heavy atom. The van der Waals surface area contributed by atoms with Crippen molar-refractivity contribution in [2.24, 2.45) is 23.7 Å². The van der Waals surface area contributed by atoms with E-state index in [1.54, 1.807) is 36.4 Å². The van der Waals surface area contributed by atoms with E-state index in [0.29, 0.717) is 11.4 Å². The minimum absolute atomic E-state index is 0.146. The van der Waals surface area contributed by atoms with E-state index in [2.05, 4.69) is 5.32 Å². The van der Waals surface area contributed by atoms with E-state index in [4.69, 9.17) is 4.74 Å². The van der Waals surface area contributed by atoms with Gasteiger partial charge in [0.1, 0.15) is 0 Å². The van der Waals surface area contributed by atoms with E-state index < -0.39 is 18.5 Å². The summed E-state index contributed by atoms with van der Waals surface area (Å²) in [5, 5.41) is 2.63. The molecule has 0 unspecified atom stereocenters. The van der Waals surface area contributed by atoms with Gasteiger partial charge in [0.25, 0.3) is 5.91 Å². The van der Waals surface area contributed by atoms with Crippen molar-refractivity contribution in [3.8, 4) is 0 Å². The van der Waals surface area contributed by atoms with Crippen LogP contribution in [0.4, 0.5) is 11.4 Å². The van der Waals surface area contributed by atoms with Crippen LogP contribution in [0, 0.1) is 23.7 Å². The van der Waals surface area contributed by atoms with Gasteiger partial charge in [0.2, 0.25) is 11.8 Å². The molecule has 0 aromatic heterocycles. The van der Waals surface area contributed by atoms with Gasteiger partial charge in [-0.3, -0.25) is 19.3 Å². The fourth-order valence-corrected chi connectivity index (χ4v) is 4.84. The summed E-state index contributed by atoms with van der Waals surface area (Å²) in [6.07, 6.45) is 4.98. The summed E-state index contributed by atoms with van der Waals surface area (Å²) in [5.74, 6) is -1.68. The summed E-state index contributed by atoms with van der Waals surface area (Å²) in [5.41, 5.74) is 1.29. The van der Waals surface area contributed by atoms with Crippen LogP contribution in [-0.4, -0.2) is 30.3 Å². The molecule has 3 amide bonds. The molecule has 7 heteroatoms. The molecule has 3 aliphatic rings. The molecule has 2 aromatic carbocycles. The van der Waals surface area contributed by atoms with Crippen molar-refractivity contribution < 1.29 is 23.9 Å². The average Bonchev–Trinajstić information content (AvgIpc) is 3.47. The molecular formula is C24H20N2O5. The van der Waals surface area contributed by atoms with Gasteiger partial charge >= 0.3 is 5.97 Å². The third kappa shape index (κ3) is 3.32. The number of hydrogen-bond acceptors (Lipinski definition) is 5. The number of fused-ring (bicyclic) bond motifs is 5. The van der Waals surface area contributed by atoms with Gasteiger partial charge in [0.05, 0.1) is 23.1 Å². The second kappa shape index (κ2) is 7.50. The Labute approximate surface area is 178 Å². The van der Waals surface area contributed by atoms with Crippen molar-refractivity contribution in [3.63, 3.8) is 0 Å². The fraction of sp³-hybridized carbons (Fsp3) is 0.250. The number of para-hydroxylation sites is 1. The Balaban J connectivity index is 1.21. The van der Waals surface area contributed by atoms with E-state index in [9.17, 15) is 19.2 Å². The first-order valence-corrected chi connectivity index (χ1v) is 10.2. The monoisotopic (exact) mass is 416 g/mol. The molecule has 1 saturated heterocycles. The van der Waals surface area contributed by atoms with Crippen LogP contribution in [0.3, 0.4) is 0 Å². The smallest absolute Gasteiger partial charge is 0.338 e. The number of carbonyl (C=O) groups is 4. The number of imide groups is 1. The first kappa shape index (κ1) is 19.2. The summed E-state index contributed by atoms with van der Waals surface area (Å²) < 4.78 is 5.06. The average molecular weight is 416 g/mol. The Morgan fingerprint density at radius 1 is 0.903 bits per heavy atom. The molecule has 31 heavy (non-hydrogen) atoms. The van der Waals surface area contributed by atoms with Crippen molar-refractivity contribution in [2.45, 2.75) is 6.42 Å². The maximum atomic E-state index is 12.9. The molecular weight excluding hydrogens is 396 g/mol. The molecule has 2 aliphatic carbocycles. The summed E-state index contributed by atoms with van der Waals surface area (Å²) in [7, 11) is 0. The number of rotatable bonds is 5. The van der Waals surface area contributed by atoms with Gasteiger partial charge in [-0.1, -0.05) is 30.4 Å². The number of nitrogens with zero attached hydrogens (tertiary/aromatic N) is 1. The molecule has 1 saturated carbocycles. The van der Waals surface area contributed by atoms with Gasteiger partial charge in [-0.15, -0.1) is 0 Å². The van der Waals surface area contributed by atoms with Crippen LogP contribution < -0.4 is 10.2 Å². The molecule has 5 rings (SSSR count). The molecule has 0 spiro atoms. The number of carbonyl (C=O) groups excluding carboxylic acids is 4. The third-order valence-electron chi connectivity index (χ3n) is 6.22. The maximum Gasteiger partial charge on any atom is 0.338 e. The highest BCUT2D eigenvalue weighted by molar-refractivity contribution is 6.22.